The van der Waals surface area contributed by atoms with Crippen LogP contribution in [0.15, 0.2) is 0 Å². The Bertz CT molecular complexity index is 361. The zero-order chi connectivity index (χ0) is 19.6. The molecule has 0 aliphatic heterocycles. The van der Waals surface area contributed by atoms with Crippen molar-refractivity contribution in [1.29, 1.82) is 0 Å². The molecular formula is C19H40N4O2S. The lowest BCUT2D eigenvalue weighted by Gasteiger charge is -2.27. The number of rotatable bonds is 17. The Morgan fingerprint density at radius 1 is 0.962 bits per heavy atom. The summed E-state index contributed by atoms with van der Waals surface area (Å²) in [7, 11) is 0. The number of carbonyl (C=O) groups is 2. The Kier molecular flexibility index (Phi) is 17.1. The number of carbonyl (C=O) groups excluding carboxylic acids is 2. The maximum Gasteiger partial charge on any atom is 0.246 e. The fraction of sp³-hybridized carbons (Fsp3) is 0.895. The zero-order valence-corrected chi connectivity index (χ0v) is 17.6. The molecule has 0 saturated heterocycles. The molecule has 7 heteroatoms. The van der Waals surface area contributed by atoms with Crippen molar-refractivity contribution < 1.29 is 9.59 Å². The number of nitrogens with one attached hydrogen (secondary N) is 1. The molecule has 154 valence electrons. The Balaban J connectivity index is 4.39. The van der Waals surface area contributed by atoms with E-state index in [0.717, 1.165) is 18.6 Å². The van der Waals surface area contributed by atoms with Gasteiger partial charge in [-0.25, -0.2) is 0 Å². The Morgan fingerprint density at radius 3 is 2.08 bits per heavy atom. The van der Waals surface area contributed by atoms with Crippen LogP contribution in [-0.2, 0) is 9.59 Å². The molecule has 0 aromatic heterocycles. The summed E-state index contributed by atoms with van der Waals surface area (Å²) in [5.74, 6) is 1.47. The summed E-state index contributed by atoms with van der Waals surface area (Å²) in [5, 5.41) is 2.82. The molecule has 0 saturated carbocycles. The highest BCUT2D eigenvalue weighted by Gasteiger charge is 2.24. The van der Waals surface area contributed by atoms with Crippen LogP contribution in [0.4, 0.5) is 0 Å². The fourth-order valence-corrected chi connectivity index (χ4v) is 3.76. The van der Waals surface area contributed by atoms with Gasteiger partial charge in [-0.1, -0.05) is 39.0 Å². The molecule has 0 rings (SSSR count). The first kappa shape index (κ1) is 25.2. The second-order valence-corrected chi connectivity index (χ2v) is 7.86. The van der Waals surface area contributed by atoms with Gasteiger partial charge in [0.15, 0.2) is 0 Å². The smallest absolute Gasteiger partial charge is 0.246 e. The molecule has 0 spiro atoms. The molecule has 2 amide bonds. The first-order valence-corrected chi connectivity index (χ1v) is 11.3. The van der Waals surface area contributed by atoms with Crippen LogP contribution in [0, 0.1) is 0 Å². The first-order chi connectivity index (χ1) is 12.6. The van der Waals surface area contributed by atoms with E-state index in [-0.39, 0.29) is 11.8 Å². The third-order valence-corrected chi connectivity index (χ3v) is 5.32. The van der Waals surface area contributed by atoms with Crippen molar-refractivity contribution in [2.45, 2.75) is 71.3 Å². The van der Waals surface area contributed by atoms with Crippen LogP contribution >= 0.6 is 11.8 Å². The van der Waals surface area contributed by atoms with Gasteiger partial charge < -0.3 is 21.7 Å². The average Bonchev–Trinajstić information content (AvgIpc) is 2.62. The second-order valence-electron chi connectivity index (χ2n) is 6.71. The molecule has 0 unspecified atom stereocenters. The van der Waals surface area contributed by atoms with E-state index in [0.29, 0.717) is 31.9 Å². The molecule has 26 heavy (non-hydrogen) atoms. The monoisotopic (exact) mass is 388 g/mol. The summed E-state index contributed by atoms with van der Waals surface area (Å²) in [6, 6.07) is -0.465. The van der Waals surface area contributed by atoms with E-state index >= 15 is 0 Å². The normalized spacial score (nSPS) is 12.0. The van der Waals surface area contributed by atoms with Crippen LogP contribution in [0.3, 0.4) is 0 Å². The predicted octanol–water partition coefficient (Wildman–Crippen LogP) is 2.11. The van der Waals surface area contributed by atoms with E-state index in [1.165, 1.54) is 45.4 Å². The second kappa shape index (κ2) is 17.6. The molecule has 5 N–H and O–H groups in total. The molecule has 0 bridgehead atoms. The molecule has 0 aliphatic carbocycles. The van der Waals surface area contributed by atoms with Gasteiger partial charge in [-0.3, -0.25) is 9.59 Å². The largest absolute Gasteiger partial charge is 0.344 e. The number of hydrogen-bond acceptors (Lipinski definition) is 5. The lowest BCUT2D eigenvalue weighted by molar-refractivity contribution is -0.135. The lowest BCUT2D eigenvalue weighted by Crippen LogP contribution is -2.50. The molecular weight excluding hydrogens is 348 g/mol. The van der Waals surface area contributed by atoms with E-state index in [1.54, 1.807) is 16.7 Å². The topological polar surface area (TPSA) is 101 Å². The third kappa shape index (κ3) is 13.4. The average molecular weight is 389 g/mol. The summed E-state index contributed by atoms with van der Waals surface area (Å²) < 4.78 is 0. The highest BCUT2D eigenvalue weighted by atomic mass is 32.2. The molecule has 0 heterocycles. The summed E-state index contributed by atoms with van der Waals surface area (Å²) >= 11 is 1.75. The van der Waals surface area contributed by atoms with Crippen molar-refractivity contribution in [2.24, 2.45) is 11.5 Å². The van der Waals surface area contributed by atoms with E-state index in [9.17, 15) is 9.59 Å². The quantitative estimate of drug-likeness (QED) is 0.331. The van der Waals surface area contributed by atoms with Gasteiger partial charge in [0.05, 0.1) is 0 Å². The van der Waals surface area contributed by atoms with E-state index in [1.807, 2.05) is 0 Å². The van der Waals surface area contributed by atoms with Crippen LogP contribution in [0.25, 0.3) is 0 Å². The highest BCUT2D eigenvalue weighted by Crippen LogP contribution is 2.12. The number of nitrogens with two attached hydrogens (primary N) is 2. The van der Waals surface area contributed by atoms with Crippen LogP contribution in [0.5, 0.6) is 0 Å². The van der Waals surface area contributed by atoms with Gasteiger partial charge in [-0.2, -0.15) is 11.8 Å². The minimum atomic E-state index is -0.465. The summed E-state index contributed by atoms with van der Waals surface area (Å²) in [4.78, 5) is 26.2. The maximum atomic E-state index is 12.8. The SMILES string of the molecule is CCCCCCCCSC[C@@H](NC(C)=O)C(=O)N(CCCN)CCCN. The summed E-state index contributed by atoms with van der Waals surface area (Å²) in [6.45, 7) is 6.01. The predicted molar refractivity (Wildman–Crippen MR) is 112 cm³/mol. The van der Waals surface area contributed by atoms with Crippen molar-refractivity contribution in [1.82, 2.24) is 10.2 Å². The first-order valence-electron chi connectivity index (χ1n) is 10.1. The fourth-order valence-electron chi connectivity index (χ4n) is 2.72. The lowest BCUT2D eigenvalue weighted by atomic mass is 10.1. The van der Waals surface area contributed by atoms with Gasteiger partial charge in [-0.15, -0.1) is 0 Å². The highest BCUT2D eigenvalue weighted by molar-refractivity contribution is 7.99. The number of unbranched alkanes of at least 4 members (excludes halogenated alkanes) is 5. The molecule has 0 fully saturated rings. The third-order valence-electron chi connectivity index (χ3n) is 4.18. The number of amides is 2. The van der Waals surface area contributed by atoms with Gasteiger partial charge >= 0.3 is 0 Å². The minimum Gasteiger partial charge on any atom is -0.344 e. The minimum absolute atomic E-state index is 0.0162. The molecule has 0 aromatic carbocycles. The Morgan fingerprint density at radius 2 is 1.54 bits per heavy atom. The van der Waals surface area contributed by atoms with Crippen molar-refractivity contribution in [3.05, 3.63) is 0 Å². The standard InChI is InChI=1S/C19H40N4O2S/c1-3-4-5-6-7-8-15-26-16-18(22-17(2)24)19(25)23(13-9-11-20)14-10-12-21/h18H,3-16,20-21H2,1-2H3,(H,22,24)/t18-/m1/s1. The number of hydrogen-bond donors (Lipinski definition) is 3. The molecule has 6 nitrogen and oxygen atoms in total. The van der Waals surface area contributed by atoms with E-state index in [4.69, 9.17) is 11.5 Å². The van der Waals surface area contributed by atoms with Gasteiger partial charge in [0.25, 0.3) is 0 Å². The van der Waals surface area contributed by atoms with E-state index < -0.39 is 6.04 Å². The van der Waals surface area contributed by atoms with Gasteiger partial charge in [-0.05, 0) is 38.1 Å². The van der Waals surface area contributed by atoms with Gasteiger partial charge in [0.1, 0.15) is 6.04 Å². The Labute approximate surface area is 164 Å². The molecule has 0 aromatic rings. The number of thioether (sulfide) groups is 1. The van der Waals surface area contributed by atoms with E-state index in [2.05, 4.69) is 12.2 Å². The van der Waals surface area contributed by atoms with Crippen LogP contribution < -0.4 is 16.8 Å². The van der Waals surface area contributed by atoms with Crippen molar-refractivity contribution >= 4 is 23.6 Å². The van der Waals surface area contributed by atoms with Crippen LogP contribution in [-0.4, -0.2) is 60.4 Å². The molecule has 1 atom stereocenters. The molecule has 0 radical (unpaired) electrons. The summed E-state index contributed by atoms with van der Waals surface area (Å²) in [5.41, 5.74) is 11.2. The Hall–Kier alpha value is -0.790. The van der Waals surface area contributed by atoms with Gasteiger partial charge in [0, 0.05) is 25.8 Å². The van der Waals surface area contributed by atoms with Crippen molar-refractivity contribution in [3.8, 4) is 0 Å². The zero-order valence-electron chi connectivity index (χ0n) is 16.8. The maximum absolute atomic E-state index is 12.8. The number of nitrogens with zero attached hydrogens (tertiary/aromatic N) is 1. The van der Waals surface area contributed by atoms with Crippen molar-refractivity contribution in [2.75, 3.05) is 37.7 Å². The van der Waals surface area contributed by atoms with Crippen molar-refractivity contribution in [3.63, 3.8) is 0 Å². The van der Waals surface area contributed by atoms with Crippen LogP contribution in [0.2, 0.25) is 0 Å². The van der Waals surface area contributed by atoms with Gasteiger partial charge in [0.2, 0.25) is 11.8 Å². The summed E-state index contributed by atoms with van der Waals surface area (Å²) in [6.07, 6.45) is 9.10. The van der Waals surface area contributed by atoms with Crippen LogP contribution in [0.1, 0.15) is 65.2 Å². The molecule has 0 aliphatic rings.